The molecule has 3 N–H and O–H groups in total. The number of anilines is 1. The number of nitrogens with one attached hydrogen (secondary N) is 2. The molecule has 0 atom stereocenters. The molecule has 0 saturated heterocycles. The molecule has 4 rings (SSSR count). The van der Waals surface area contributed by atoms with E-state index in [4.69, 9.17) is 5.21 Å². The van der Waals surface area contributed by atoms with Crippen LogP contribution in [0.25, 0.3) is 10.9 Å². The van der Waals surface area contributed by atoms with E-state index < -0.39 is 0 Å². The second-order valence-corrected chi connectivity index (χ2v) is 7.99. The van der Waals surface area contributed by atoms with Gasteiger partial charge in [-0.15, -0.1) is 0 Å². The largest absolute Gasteiger partial charge is 0.380 e. The van der Waals surface area contributed by atoms with Gasteiger partial charge in [0.15, 0.2) is 5.43 Å². The molecule has 2 saturated carbocycles. The van der Waals surface area contributed by atoms with Crippen molar-refractivity contribution < 1.29 is 9.60 Å². The van der Waals surface area contributed by atoms with E-state index in [-0.39, 0.29) is 17.8 Å². The van der Waals surface area contributed by atoms with Crippen molar-refractivity contribution in [1.82, 2.24) is 10.0 Å². The summed E-state index contributed by atoms with van der Waals surface area (Å²) in [5.41, 5.74) is 3.59. The van der Waals surface area contributed by atoms with Crippen LogP contribution in [-0.4, -0.2) is 15.8 Å². The van der Waals surface area contributed by atoms with Crippen molar-refractivity contribution in [2.45, 2.75) is 76.4 Å². The highest BCUT2D eigenvalue weighted by atomic mass is 19.1. The number of pyridine rings is 1. The Labute approximate surface area is 158 Å². The van der Waals surface area contributed by atoms with Crippen molar-refractivity contribution in [3.63, 3.8) is 0 Å². The monoisotopic (exact) mass is 373 g/mol. The summed E-state index contributed by atoms with van der Waals surface area (Å²) < 4.78 is 16.9. The normalized spacial score (nSPS) is 19.0. The third kappa shape index (κ3) is 3.73. The fourth-order valence-electron chi connectivity index (χ4n) is 4.70. The number of halogens is 1. The summed E-state index contributed by atoms with van der Waals surface area (Å²) in [5.74, 6) is -0.378. The summed E-state index contributed by atoms with van der Waals surface area (Å²) in [6.07, 6.45) is 12.0. The van der Waals surface area contributed by atoms with Gasteiger partial charge in [0.2, 0.25) is 0 Å². The lowest BCUT2D eigenvalue weighted by Gasteiger charge is -2.25. The Bertz CT molecular complexity index is 868. The number of aromatic nitrogens is 1. The van der Waals surface area contributed by atoms with Gasteiger partial charge in [0.25, 0.3) is 0 Å². The van der Waals surface area contributed by atoms with Crippen LogP contribution in [0.4, 0.5) is 10.1 Å². The Morgan fingerprint density at radius 2 is 1.78 bits per heavy atom. The highest BCUT2D eigenvalue weighted by Crippen LogP contribution is 2.33. The lowest BCUT2D eigenvalue weighted by molar-refractivity contribution is 0.161. The number of rotatable bonds is 5. The Balaban J connectivity index is 1.80. The van der Waals surface area contributed by atoms with E-state index in [2.05, 4.69) is 15.4 Å². The van der Waals surface area contributed by atoms with Gasteiger partial charge in [-0.3, -0.25) is 4.79 Å². The second-order valence-electron chi connectivity index (χ2n) is 7.99. The maximum Gasteiger partial charge on any atom is 0.194 e. The van der Waals surface area contributed by atoms with Crippen LogP contribution in [-0.2, 0) is 6.54 Å². The van der Waals surface area contributed by atoms with Gasteiger partial charge in [-0.05, 0) is 37.8 Å². The first-order chi connectivity index (χ1) is 13.2. The fraction of sp³-hybridized carbons (Fsp3) is 0.571. The van der Waals surface area contributed by atoms with Gasteiger partial charge in [0.05, 0.1) is 17.7 Å². The Hall–Kier alpha value is -1.92. The molecule has 0 spiro atoms. The predicted octanol–water partition coefficient (Wildman–Crippen LogP) is 4.48. The van der Waals surface area contributed by atoms with Crippen molar-refractivity contribution in [2.24, 2.45) is 0 Å². The average Bonchev–Trinajstić information content (AvgIpc) is 3.21. The lowest BCUT2D eigenvalue weighted by Crippen LogP contribution is -2.24. The van der Waals surface area contributed by atoms with Gasteiger partial charge >= 0.3 is 0 Å². The smallest absolute Gasteiger partial charge is 0.194 e. The highest BCUT2D eigenvalue weighted by Gasteiger charge is 2.22. The van der Waals surface area contributed by atoms with Gasteiger partial charge in [-0.1, -0.05) is 32.1 Å². The third-order valence-electron chi connectivity index (χ3n) is 6.15. The SMILES string of the molecule is O=c1c(CNO)cn(C2CCCC2)c2cc(NC3CCCCC3)c(F)cc12. The first-order valence-corrected chi connectivity index (χ1v) is 10.2. The minimum absolute atomic E-state index is 0.0607. The van der Waals surface area contributed by atoms with Gasteiger partial charge in [-0.2, -0.15) is 0 Å². The summed E-state index contributed by atoms with van der Waals surface area (Å²) >= 11 is 0. The molecule has 0 radical (unpaired) electrons. The zero-order valence-corrected chi connectivity index (χ0v) is 15.6. The van der Waals surface area contributed by atoms with Crippen LogP contribution < -0.4 is 16.2 Å². The molecule has 6 heteroatoms. The average molecular weight is 373 g/mol. The summed E-state index contributed by atoms with van der Waals surface area (Å²) in [5, 5.41) is 12.8. The second kappa shape index (κ2) is 7.98. The zero-order chi connectivity index (χ0) is 18.8. The highest BCUT2D eigenvalue weighted by molar-refractivity contribution is 5.83. The molecule has 1 heterocycles. The summed E-state index contributed by atoms with van der Waals surface area (Å²) in [6.45, 7) is 0.0607. The van der Waals surface area contributed by atoms with Gasteiger partial charge < -0.3 is 15.1 Å². The number of benzene rings is 1. The van der Waals surface area contributed by atoms with E-state index >= 15 is 0 Å². The molecule has 2 aliphatic rings. The standard InChI is InChI=1S/C21H28FN3O2/c22-18-10-17-20(11-19(18)24-15-6-2-1-3-7-15)25(16-8-4-5-9-16)13-14(12-23-27)21(17)26/h10-11,13,15-16,23-24,27H,1-9,12H2. The molecular formula is C21H28FN3O2. The first kappa shape index (κ1) is 18.4. The Morgan fingerprint density at radius 1 is 1.07 bits per heavy atom. The molecule has 5 nitrogen and oxygen atoms in total. The van der Waals surface area contributed by atoms with E-state index in [1.54, 1.807) is 0 Å². The van der Waals surface area contributed by atoms with Crippen LogP contribution in [0.15, 0.2) is 23.1 Å². The molecule has 0 bridgehead atoms. The number of hydrogen-bond acceptors (Lipinski definition) is 4. The molecule has 2 fully saturated rings. The lowest BCUT2D eigenvalue weighted by atomic mass is 9.95. The van der Waals surface area contributed by atoms with Crippen LogP contribution >= 0.6 is 0 Å². The molecule has 2 aromatic rings. The Kier molecular flexibility index (Phi) is 5.45. The van der Waals surface area contributed by atoms with Crippen LogP contribution in [0.1, 0.15) is 69.4 Å². The molecule has 2 aliphatic carbocycles. The topological polar surface area (TPSA) is 66.3 Å². The Morgan fingerprint density at radius 3 is 2.48 bits per heavy atom. The van der Waals surface area contributed by atoms with Crippen molar-refractivity contribution in [3.05, 3.63) is 39.9 Å². The van der Waals surface area contributed by atoms with Gasteiger partial charge in [0.1, 0.15) is 5.82 Å². The zero-order valence-electron chi connectivity index (χ0n) is 15.6. The van der Waals surface area contributed by atoms with E-state index in [9.17, 15) is 9.18 Å². The predicted molar refractivity (Wildman–Crippen MR) is 105 cm³/mol. The molecule has 0 unspecified atom stereocenters. The van der Waals surface area contributed by atoms with E-state index in [0.29, 0.717) is 28.7 Å². The molecule has 1 aromatic carbocycles. The van der Waals surface area contributed by atoms with Crippen LogP contribution in [0, 0.1) is 5.82 Å². The fourth-order valence-corrected chi connectivity index (χ4v) is 4.70. The molecular weight excluding hydrogens is 345 g/mol. The van der Waals surface area contributed by atoms with Crippen molar-refractivity contribution in [3.8, 4) is 0 Å². The van der Waals surface area contributed by atoms with Crippen molar-refractivity contribution in [2.75, 3.05) is 5.32 Å². The molecule has 146 valence electrons. The van der Waals surface area contributed by atoms with E-state index in [1.807, 2.05) is 12.3 Å². The van der Waals surface area contributed by atoms with Gasteiger partial charge in [0, 0.05) is 29.2 Å². The number of hydroxylamine groups is 1. The van der Waals surface area contributed by atoms with Crippen LogP contribution in [0.2, 0.25) is 0 Å². The first-order valence-electron chi connectivity index (χ1n) is 10.2. The van der Waals surface area contributed by atoms with Gasteiger partial charge in [-0.25, -0.2) is 9.87 Å². The van der Waals surface area contributed by atoms with E-state index in [1.165, 1.54) is 38.2 Å². The van der Waals surface area contributed by atoms with Crippen LogP contribution in [0.5, 0.6) is 0 Å². The summed E-state index contributed by atoms with van der Waals surface area (Å²) in [7, 11) is 0. The summed E-state index contributed by atoms with van der Waals surface area (Å²) in [4.78, 5) is 12.8. The third-order valence-corrected chi connectivity index (χ3v) is 6.15. The van der Waals surface area contributed by atoms with Crippen molar-refractivity contribution in [1.29, 1.82) is 0 Å². The molecule has 27 heavy (non-hydrogen) atoms. The quantitative estimate of drug-likeness (QED) is 0.676. The van der Waals surface area contributed by atoms with Crippen molar-refractivity contribution >= 4 is 16.6 Å². The minimum Gasteiger partial charge on any atom is -0.380 e. The number of hydrogen-bond donors (Lipinski definition) is 3. The summed E-state index contributed by atoms with van der Waals surface area (Å²) in [6, 6.07) is 3.80. The van der Waals surface area contributed by atoms with E-state index in [0.717, 1.165) is 31.2 Å². The molecule has 0 amide bonds. The number of nitrogens with zero attached hydrogens (tertiary/aromatic N) is 1. The minimum atomic E-state index is -0.378. The number of fused-ring (bicyclic) bond motifs is 1. The van der Waals surface area contributed by atoms with Crippen LogP contribution in [0.3, 0.4) is 0 Å². The maximum atomic E-state index is 14.8. The molecule has 0 aliphatic heterocycles. The maximum absolute atomic E-state index is 14.8. The molecule has 1 aromatic heterocycles.